The molecule has 1 amide bonds. The summed E-state index contributed by atoms with van der Waals surface area (Å²) < 4.78 is 5.71. The molecule has 1 atom stereocenters. The van der Waals surface area contributed by atoms with Crippen molar-refractivity contribution in [3.05, 3.63) is 29.8 Å². The third-order valence-electron chi connectivity index (χ3n) is 2.58. The number of hydrogen-bond donors (Lipinski definition) is 1. The largest absolute Gasteiger partial charge is 0.492 e. The minimum Gasteiger partial charge on any atom is -0.492 e. The van der Waals surface area contributed by atoms with E-state index in [0.717, 1.165) is 17.9 Å². The van der Waals surface area contributed by atoms with Crippen LogP contribution >= 0.6 is 11.6 Å². The van der Waals surface area contributed by atoms with Crippen molar-refractivity contribution < 1.29 is 9.53 Å². The van der Waals surface area contributed by atoms with Crippen LogP contribution < -0.4 is 10.1 Å². The fourth-order valence-electron chi connectivity index (χ4n) is 1.45. The van der Waals surface area contributed by atoms with Gasteiger partial charge >= 0.3 is 0 Å². The van der Waals surface area contributed by atoms with Gasteiger partial charge in [-0.1, -0.05) is 18.2 Å². The van der Waals surface area contributed by atoms with E-state index in [0.29, 0.717) is 13.2 Å². The van der Waals surface area contributed by atoms with Crippen molar-refractivity contribution in [1.29, 1.82) is 0 Å². The van der Waals surface area contributed by atoms with Gasteiger partial charge in [0, 0.05) is 18.7 Å². The Morgan fingerprint density at radius 3 is 2.74 bits per heavy atom. The summed E-state index contributed by atoms with van der Waals surface area (Å²) in [5.74, 6) is 0.622. The number of alkyl halides is 1. The predicted octanol–water partition coefficient (Wildman–Crippen LogP) is 1.87. The summed E-state index contributed by atoms with van der Waals surface area (Å²) in [7, 11) is 3.99. The SMILES string of the molecule is CC(Cl)C(=O)NCc1ccccc1OCCN(C)C. The predicted molar refractivity (Wildman–Crippen MR) is 77.7 cm³/mol. The molecule has 0 saturated carbocycles. The molecule has 4 nitrogen and oxygen atoms in total. The number of halogens is 1. The Morgan fingerprint density at radius 1 is 1.42 bits per heavy atom. The maximum absolute atomic E-state index is 11.4. The van der Waals surface area contributed by atoms with Crippen LogP contribution in [0.25, 0.3) is 0 Å². The molecule has 1 aromatic rings. The van der Waals surface area contributed by atoms with E-state index in [9.17, 15) is 4.79 Å². The lowest BCUT2D eigenvalue weighted by Crippen LogP contribution is -2.29. The fourth-order valence-corrected chi connectivity index (χ4v) is 1.53. The second-order valence-electron chi connectivity index (χ2n) is 4.59. The monoisotopic (exact) mass is 284 g/mol. The summed E-state index contributed by atoms with van der Waals surface area (Å²) in [5.41, 5.74) is 0.951. The molecule has 1 rings (SSSR count). The quantitative estimate of drug-likeness (QED) is 0.777. The van der Waals surface area contributed by atoms with E-state index >= 15 is 0 Å². The topological polar surface area (TPSA) is 41.6 Å². The summed E-state index contributed by atoms with van der Waals surface area (Å²) >= 11 is 5.70. The van der Waals surface area contributed by atoms with Crippen LogP contribution in [-0.2, 0) is 11.3 Å². The molecule has 0 bridgehead atoms. The van der Waals surface area contributed by atoms with E-state index in [1.54, 1.807) is 6.92 Å². The molecule has 0 radical (unpaired) electrons. The maximum atomic E-state index is 11.4. The van der Waals surface area contributed by atoms with Crippen molar-refractivity contribution >= 4 is 17.5 Å². The molecule has 0 heterocycles. The lowest BCUT2D eigenvalue weighted by Gasteiger charge is -2.14. The van der Waals surface area contributed by atoms with Crippen molar-refractivity contribution in [2.75, 3.05) is 27.2 Å². The van der Waals surface area contributed by atoms with Gasteiger partial charge in [-0.3, -0.25) is 4.79 Å². The van der Waals surface area contributed by atoms with Crippen LogP contribution in [-0.4, -0.2) is 43.4 Å². The number of nitrogens with zero attached hydrogens (tertiary/aromatic N) is 1. The molecule has 0 spiro atoms. The molecule has 0 aliphatic heterocycles. The Balaban J connectivity index is 2.55. The molecule has 19 heavy (non-hydrogen) atoms. The number of para-hydroxylation sites is 1. The lowest BCUT2D eigenvalue weighted by atomic mass is 10.2. The molecule has 1 aromatic carbocycles. The van der Waals surface area contributed by atoms with Crippen LogP contribution in [0.3, 0.4) is 0 Å². The van der Waals surface area contributed by atoms with Crippen LogP contribution in [0.5, 0.6) is 5.75 Å². The molecular formula is C14H21ClN2O2. The van der Waals surface area contributed by atoms with Gasteiger partial charge in [0.2, 0.25) is 5.91 Å². The zero-order valence-corrected chi connectivity index (χ0v) is 12.4. The van der Waals surface area contributed by atoms with E-state index in [1.165, 1.54) is 0 Å². The van der Waals surface area contributed by atoms with Gasteiger partial charge in [-0.25, -0.2) is 0 Å². The molecule has 5 heteroatoms. The number of hydrogen-bond acceptors (Lipinski definition) is 3. The summed E-state index contributed by atoms with van der Waals surface area (Å²) in [6, 6.07) is 7.68. The number of amides is 1. The number of ether oxygens (including phenoxy) is 1. The van der Waals surface area contributed by atoms with Gasteiger partial charge in [-0.2, -0.15) is 0 Å². The average molecular weight is 285 g/mol. The lowest BCUT2D eigenvalue weighted by molar-refractivity contribution is -0.120. The van der Waals surface area contributed by atoms with Crippen LogP contribution in [0.15, 0.2) is 24.3 Å². The van der Waals surface area contributed by atoms with Gasteiger partial charge in [-0.05, 0) is 27.1 Å². The number of carbonyl (C=O) groups is 1. The Labute approximate surface area is 119 Å². The summed E-state index contributed by atoms with van der Waals surface area (Å²) in [6.45, 7) is 3.54. The molecule has 106 valence electrons. The van der Waals surface area contributed by atoms with E-state index in [1.807, 2.05) is 38.4 Å². The second kappa shape index (κ2) is 8.02. The molecule has 0 saturated heterocycles. The number of likely N-dealkylation sites (N-methyl/N-ethyl adjacent to an activating group) is 1. The Kier molecular flexibility index (Phi) is 6.67. The van der Waals surface area contributed by atoms with Gasteiger partial charge in [-0.15, -0.1) is 11.6 Å². The van der Waals surface area contributed by atoms with Gasteiger partial charge in [0.1, 0.15) is 17.7 Å². The number of nitrogens with one attached hydrogen (secondary N) is 1. The first-order valence-electron chi connectivity index (χ1n) is 6.28. The third kappa shape index (κ3) is 5.94. The molecule has 1 N–H and O–H groups in total. The van der Waals surface area contributed by atoms with E-state index < -0.39 is 5.38 Å². The number of rotatable bonds is 7. The van der Waals surface area contributed by atoms with Crippen LogP contribution in [0.1, 0.15) is 12.5 Å². The molecule has 0 aliphatic carbocycles. The standard InChI is InChI=1S/C14H21ClN2O2/c1-11(15)14(18)16-10-12-6-4-5-7-13(12)19-9-8-17(2)3/h4-7,11H,8-10H2,1-3H3,(H,16,18). The fraction of sp³-hybridized carbons (Fsp3) is 0.500. The first-order valence-corrected chi connectivity index (χ1v) is 6.71. The summed E-state index contributed by atoms with van der Waals surface area (Å²) in [6.07, 6.45) is 0. The van der Waals surface area contributed by atoms with E-state index in [-0.39, 0.29) is 5.91 Å². The van der Waals surface area contributed by atoms with Crippen LogP contribution in [0.4, 0.5) is 0 Å². The van der Waals surface area contributed by atoms with Crippen LogP contribution in [0, 0.1) is 0 Å². The van der Waals surface area contributed by atoms with Crippen molar-refractivity contribution in [1.82, 2.24) is 10.2 Å². The van der Waals surface area contributed by atoms with Gasteiger partial charge in [0.05, 0.1) is 0 Å². The van der Waals surface area contributed by atoms with Gasteiger partial charge < -0.3 is 15.0 Å². The van der Waals surface area contributed by atoms with E-state index in [2.05, 4.69) is 10.2 Å². The Hall–Kier alpha value is -1.26. The highest BCUT2D eigenvalue weighted by Gasteiger charge is 2.10. The third-order valence-corrected chi connectivity index (χ3v) is 2.78. The smallest absolute Gasteiger partial charge is 0.238 e. The average Bonchev–Trinajstić information content (AvgIpc) is 2.36. The summed E-state index contributed by atoms with van der Waals surface area (Å²) in [5, 5.41) is 2.25. The molecule has 0 fully saturated rings. The van der Waals surface area contributed by atoms with E-state index in [4.69, 9.17) is 16.3 Å². The van der Waals surface area contributed by atoms with Gasteiger partial charge in [0.15, 0.2) is 0 Å². The minimum absolute atomic E-state index is 0.176. The maximum Gasteiger partial charge on any atom is 0.238 e. The molecule has 1 unspecified atom stereocenters. The second-order valence-corrected chi connectivity index (χ2v) is 5.25. The zero-order valence-electron chi connectivity index (χ0n) is 11.6. The van der Waals surface area contributed by atoms with Crippen molar-refractivity contribution in [2.45, 2.75) is 18.8 Å². The first kappa shape index (κ1) is 15.8. The first-order chi connectivity index (χ1) is 9.00. The number of carbonyl (C=O) groups excluding carboxylic acids is 1. The van der Waals surface area contributed by atoms with Crippen LogP contribution in [0.2, 0.25) is 0 Å². The zero-order chi connectivity index (χ0) is 14.3. The molecule has 0 aromatic heterocycles. The highest BCUT2D eigenvalue weighted by Crippen LogP contribution is 2.17. The highest BCUT2D eigenvalue weighted by atomic mass is 35.5. The molecule has 0 aliphatic rings. The van der Waals surface area contributed by atoms with Crippen molar-refractivity contribution in [3.63, 3.8) is 0 Å². The Morgan fingerprint density at radius 2 is 2.11 bits per heavy atom. The summed E-state index contributed by atoms with van der Waals surface area (Å²) in [4.78, 5) is 13.5. The Bertz CT molecular complexity index is 408. The van der Waals surface area contributed by atoms with Crippen molar-refractivity contribution in [3.8, 4) is 5.75 Å². The molecular weight excluding hydrogens is 264 g/mol. The normalized spacial score (nSPS) is 12.3. The van der Waals surface area contributed by atoms with Crippen molar-refractivity contribution in [2.24, 2.45) is 0 Å². The highest BCUT2D eigenvalue weighted by molar-refractivity contribution is 6.30. The van der Waals surface area contributed by atoms with Gasteiger partial charge in [0.25, 0.3) is 0 Å². The number of benzene rings is 1. The minimum atomic E-state index is -0.526.